The van der Waals surface area contributed by atoms with Crippen LogP contribution in [-0.4, -0.2) is 46.5 Å². The molecule has 0 radical (unpaired) electrons. The molecule has 8 rings (SSSR count). The summed E-state index contributed by atoms with van der Waals surface area (Å²) in [5.74, 6) is -0.507. The van der Waals surface area contributed by atoms with E-state index in [9.17, 15) is 24.0 Å². The van der Waals surface area contributed by atoms with Crippen molar-refractivity contribution in [3.63, 3.8) is 0 Å². The molecule has 3 aliphatic rings. The van der Waals surface area contributed by atoms with Gasteiger partial charge in [0, 0.05) is 37.6 Å². The third-order valence-corrected chi connectivity index (χ3v) is 11.8. The number of benzene rings is 2. The molecule has 1 spiro atoms. The first-order chi connectivity index (χ1) is 24.2. The number of aromatic nitrogens is 2. The number of nitrogens with two attached hydrogens (primary N) is 1. The molecule has 5 aromatic rings. The van der Waals surface area contributed by atoms with Gasteiger partial charge in [0.25, 0.3) is 22.3 Å². The number of thiophene rings is 1. The molecular formula is C37H36N6O6S. The molecule has 2 aromatic heterocycles. The maximum atomic E-state index is 13.3. The van der Waals surface area contributed by atoms with Crippen LogP contribution in [0.4, 0.5) is 16.2 Å². The highest BCUT2D eigenvalue weighted by Crippen LogP contribution is 2.47. The number of rotatable bonds is 6. The second kappa shape index (κ2) is 12.5. The third-order valence-electron chi connectivity index (χ3n) is 10.7. The van der Waals surface area contributed by atoms with Crippen LogP contribution in [0.1, 0.15) is 62.6 Å². The lowest BCUT2D eigenvalue weighted by molar-refractivity contribution is 0.0563. The largest absolute Gasteiger partial charge is 0.445 e. The molecule has 1 aliphatic carbocycles. The highest BCUT2D eigenvalue weighted by Gasteiger charge is 2.40. The Hall–Kier alpha value is -5.30. The number of aromatic amines is 1. The maximum absolute atomic E-state index is 13.3. The fourth-order valence-electron chi connectivity index (χ4n) is 7.73. The summed E-state index contributed by atoms with van der Waals surface area (Å²) in [6.45, 7) is 2.78. The van der Waals surface area contributed by atoms with Gasteiger partial charge in [-0.25, -0.2) is 9.78 Å². The number of nitrogens with zero attached hydrogens (tertiary/aromatic N) is 3. The van der Waals surface area contributed by atoms with E-state index in [-0.39, 0.29) is 47.4 Å². The standard InChI is InChI=1S/C37H36N6O6S/c38-28-29(31(45)30(28)44)43-13-9-23-7-6-22(16-24(23)19-43)18-39-34(47)32-40-33(46)27-25-8-10-37(17-26(25)50-35(27)41-32)11-14-42(15-12-37)36(48)49-20-21-4-2-1-3-5-21/h1-7,16H,8-15,17-20,38H2,(H,39,47)(H,40,41,46). The van der Waals surface area contributed by atoms with Crippen molar-refractivity contribution in [3.05, 3.63) is 118 Å². The number of hydrogen-bond acceptors (Lipinski definition) is 10. The normalized spacial score (nSPS) is 16.7. The Bertz CT molecular complexity index is 2280. The molecule has 1 fully saturated rings. The molecule has 256 valence electrons. The van der Waals surface area contributed by atoms with Crippen molar-refractivity contribution in [2.24, 2.45) is 5.41 Å². The van der Waals surface area contributed by atoms with Crippen LogP contribution in [0.5, 0.6) is 0 Å². The number of fused-ring (bicyclic) bond motifs is 4. The molecule has 50 heavy (non-hydrogen) atoms. The number of nitrogens with one attached hydrogen (secondary N) is 2. The lowest BCUT2D eigenvalue weighted by atomic mass is 9.68. The Morgan fingerprint density at radius 2 is 1.76 bits per heavy atom. The predicted molar refractivity (Wildman–Crippen MR) is 190 cm³/mol. The number of hydrogen-bond donors (Lipinski definition) is 3. The molecule has 2 amide bonds. The fraction of sp³-hybridized carbons (Fsp3) is 0.351. The number of piperidine rings is 1. The van der Waals surface area contributed by atoms with Crippen molar-refractivity contribution >= 4 is 44.9 Å². The van der Waals surface area contributed by atoms with Gasteiger partial charge in [0.05, 0.1) is 5.39 Å². The molecule has 1 saturated heterocycles. The minimum absolute atomic E-state index is 0.0192. The van der Waals surface area contributed by atoms with E-state index in [4.69, 9.17) is 10.5 Å². The Kier molecular flexibility index (Phi) is 8.01. The molecular weight excluding hydrogens is 657 g/mol. The molecule has 2 aliphatic heterocycles. The van der Waals surface area contributed by atoms with Gasteiger partial charge in [-0.1, -0.05) is 48.5 Å². The number of anilines is 2. The third kappa shape index (κ3) is 5.74. The first-order valence-electron chi connectivity index (χ1n) is 16.9. The van der Waals surface area contributed by atoms with Crippen LogP contribution in [0.25, 0.3) is 10.2 Å². The van der Waals surface area contributed by atoms with Crippen LogP contribution in [0.2, 0.25) is 0 Å². The van der Waals surface area contributed by atoms with E-state index in [1.165, 1.54) is 11.3 Å². The summed E-state index contributed by atoms with van der Waals surface area (Å²) in [6.07, 6.45) is 4.66. The number of carbonyl (C=O) groups is 2. The first-order valence-corrected chi connectivity index (χ1v) is 17.7. The molecule has 0 atom stereocenters. The smallest absolute Gasteiger partial charge is 0.410 e. The zero-order valence-electron chi connectivity index (χ0n) is 27.4. The highest BCUT2D eigenvalue weighted by atomic mass is 32.1. The molecule has 0 saturated carbocycles. The Balaban J connectivity index is 0.906. The number of carbonyl (C=O) groups excluding carboxylic acids is 2. The monoisotopic (exact) mass is 692 g/mol. The number of H-pyrrole nitrogens is 1. The van der Waals surface area contributed by atoms with Gasteiger partial charge in [0.1, 0.15) is 22.8 Å². The number of nitrogen functional groups attached to an aromatic ring is 1. The van der Waals surface area contributed by atoms with Gasteiger partial charge in [0.15, 0.2) is 0 Å². The fourth-order valence-corrected chi connectivity index (χ4v) is 9.13. The van der Waals surface area contributed by atoms with Crippen molar-refractivity contribution in [1.82, 2.24) is 20.2 Å². The molecule has 4 heterocycles. The minimum Gasteiger partial charge on any atom is -0.445 e. The zero-order valence-corrected chi connectivity index (χ0v) is 28.2. The maximum Gasteiger partial charge on any atom is 0.410 e. The number of ether oxygens (including phenoxy) is 1. The van der Waals surface area contributed by atoms with Crippen molar-refractivity contribution in [2.75, 3.05) is 30.3 Å². The first kappa shape index (κ1) is 31.9. The summed E-state index contributed by atoms with van der Waals surface area (Å²) in [7, 11) is 0. The SMILES string of the molecule is Nc1c(N2CCc3ccc(CNC(=O)c4nc5sc6c(c5c(=O)[nH]4)CCC4(CCN(C(=O)OCc5ccccc5)CC4)C6)cc3C2)c(=O)c1=O. The van der Waals surface area contributed by atoms with Crippen molar-refractivity contribution < 1.29 is 14.3 Å². The van der Waals surface area contributed by atoms with E-state index in [1.807, 2.05) is 53.4 Å². The van der Waals surface area contributed by atoms with E-state index in [0.29, 0.717) is 42.8 Å². The Morgan fingerprint density at radius 1 is 0.960 bits per heavy atom. The van der Waals surface area contributed by atoms with Crippen molar-refractivity contribution in [2.45, 2.75) is 58.2 Å². The summed E-state index contributed by atoms with van der Waals surface area (Å²) in [5.41, 5.74) is 9.64. The van der Waals surface area contributed by atoms with E-state index in [0.717, 1.165) is 64.8 Å². The lowest BCUT2D eigenvalue weighted by Crippen LogP contribution is -2.45. The van der Waals surface area contributed by atoms with Gasteiger partial charge in [-0.05, 0) is 71.8 Å². The van der Waals surface area contributed by atoms with Crippen molar-refractivity contribution in [1.29, 1.82) is 0 Å². The van der Waals surface area contributed by atoms with Crippen LogP contribution in [0, 0.1) is 5.41 Å². The predicted octanol–water partition coefficient (Wildman–Crippen LogP) is 3.56. The van der Waals surface area contributed by atoms with Gasteiger partial charge in [0.2, 0.25) is 5.82 Å². The summed E-state index contributed by atoms with van der Waals surface area (Å²) >= 11 is 1.49. The number of likely N-dealkylation sites (tertiary alicyclic amines) is 1. The molecule has 0 unspecified atom stereocenters. The summed E-state index contributed by atoms with van der Waals surface area (Å²) in [5, 5.41) is 3.45. The molecule has 3 aromatic carbocycles. The van der Waals surface area contributed by atoms with Gasteiger partial charge >= 0.3 is 6.09 Å². The average Bonchev–Trinajstić information content (AvgIpc) is 3.51. The molecule has 4 N–H and O–H groups in total. The minimum atomic E-state index is -0.630. The van der Waals surface area contributed by atoms with Gasteiger partial charge in [-0.2, -0.15) is 0 Å². The van der Waals surface area contributed by atoms with E-state index >= 15 is 0 Å². The van der Waals surface area contributed by atoms with Crippen LogP contribution in [-0.2, 0) is 43.7 Å². The van der Waals surface area contributed by atoms with Gasteiger partial charge < -0.3 is 30.6 Å². The second-order valence-electron chi connectivity index (χ2n) is 13.7. The number of aryl methyl sites for hydroxylation is 1. The molecule has 12 nitrogen and oxygen atoms in total. The van der Waals surface area contributed by atoms with E-state index in [2.05, 4.69) is 15.3 Å². The summed E-state index contributed by atoms with van der Waals surface area (Å²) in [4.78, 5) is 75.6. The van der Waals surface area contributed by atoms with E-state index in [1.54, 1.807) is 4.90 Å². The van der Waals surface area contributed by atoms with Gasteiger partial charge in [-0.15, -0.1) is 11.3 Å². The average molecular weight is 693 g/mol. The van der Waals surface area contributed by atoms with Crippen LogP contribution < -0.4 is 32.4 Å². The van der Waals surface area contributed by atoms with Gasteiger partial charge in [-0.3, -0.25) is 19.2 Å². The number of amides is 2. The summed E-state index contributed by atoms with van der Waals surface area (Å²) in [6, 6.07) is 15.6. The van der Waals surface area contributed by atoms with Crippen molar-refractivity contribution in [3.8, 4) is 0 Å². The zero-order chi connectivity index (χ0) is 34.6. The summed E-state index contributed by atoms with van der Waals surface area (Å²) < 4.78 is 5.56. The Morgan fingerprint density at radius 3 is 2.54 bits per heavy atom. The Labute approximate surface area is 290 Å². The van der Waals surface area contributed by atoms with Crippen LogP contribution in [0.3, 0.4) is 0 Å². The molecule has 0 bridgehead atoms. The molecule has 13 heteroatoms. The lowest BCUT2D eigenvalue weighted by Gasteiger charge is -2.43. The second-order valence-corrected chi connectivity index (χ2v) is 14.8. The topological polar surface area (TPSA) is 168 Å². The van der Waals surface area contributed by atoms with Crippen LogP contribution >= 0.6 is 11.3 Å². The highest BCUT2D eigenvalue weighted by molar-refractivity contribution is 7.18. The van der Waals surface area contributed by atoms with Crippen LogP contribution in [0.15, 0.2) is 62.9 Å². The quantitative estimate of drug-likeness (QED) is 0.226. The van der Waals surface area contributed by atoms with E-state index < -0.39 is 16.8 Å².